The van der Waals surface area contributed by atoms with E-state index in [0.29, 0.717) is 5.75 Å². The number of halogens is 2. The Kier molecular flexibility index (Phi) is 4.15. The maximum absolute atomic E-state index is 13.3. The summed E-state index contributed by atoms with van der Waals surface area (Å²) in [5.41, 5.74) is -0.207. The van der Waals surface area contributed by atoms with Gasteiger partial charge in [-0.2, -0.15) is 0 Å². The normalized spacial score (nSPS) is 10.6. The molecule has 0 bridgehead atoms. The van der Waals surface area contributed by atoms with Gasteiger partial charge in [-0.3, -0.25) is 4.79 Å². The Hall–Kier alpha value is -1.62. The number of hydrogen-bond donors (Lipinski definition) is 0. The van der Waals surface area contributed by atoms with Gasteiger partial charge in [0.1, 0.15) is 17.4 Å². The number of benzene rings is 1. The lowest BCUT2D eigenvalue weighted by Gasteiger charge is -2.02. The largest absolute Gasteiger partial charge is 0.468 e. The van der Waals surface area contributed by atoms with E-state index < -0.39 is 17.4 Å². The molecule has 1 heterocycles. The van der Waals surface area contributed by atoms with Crippen LogP contribution in [-0.2, 0) is 5.75 Å². The highest BCUT2D eigenvalue weighted by Crippen LogP contribution is 2.16. The number of rotatable bonds is 5. The van der Waals surface area contributed by atoms with Crippen molar-refractivity contribution < 1.29 is 18.0 Å². The first kappa shape index (κ1) is 12.8. The predicted octanol–water partition coefficient (Wildman–Crippen LogP) is 3.67. The van der Waals surface area contributed by atoms with Crippen molar-refractivity contribution in [3.8, 4) is 0 Å². The third-order valence-electron chi connectivity index (χ3n) is 2.29. The van der Waals surface area contributed by atoms with Gasteiger partial charge in [-0.05, 0) is 30.3 Å². The average Bonchev–Trinajstić information content (AvgIpc) is 2.85. The van der Waals surface area contributed by atoms with Crippen LogP contribution in [0.15, 0.2) is 41.0 Å². The molecular weight excluding hydrogens is 258 g/mol. The first-order chi connectivity index (χ1) is 8.66. The van der Waals surface area contributed by atoms with Gasteiger partial charge in [-0.15, -0.1) is 11.8 Å². The second-order valence-corrected chi connectivity index (χ2v) is 4.61. The summed E-state index contributed by atoms with van der Waals surface area (Å²) in [4.78, 5) is 11.7. The van der Waals surface area contributed by atoms with Gasteiger partial charge in [0.05, 0.1) is 23.3 Å². The molecule has 5 heteroatoms. The summed E-state index contributed by atoms with van der Waals surface area (Å²) in [5.74, 6) is -0.386. The smallest absolute Gasteiger partial charge is 0.175 e. The second kappa shape index (κ2) is 5.82. The Morgan fingerprint density at radius 1 is 1.28 bits per heavy atom. The van der Waals surface area contributed by atoms with Crippen LogP contribution < -0.4 is 0 Å². The van der Waals surface area contributed by atoms with Gasteiger partial charge in [0.15, 0.2) is 5.78 Å². The molecule has 0 N–H and O–H groups in total. The summed E-state index contributed by atoms with van der Waals surface area (Å²) in [6, 6.07) is 6.41. The molecule has 0 radical (unpaired) electrons. The molecule has 0 aliphatic carbocycles. The van der Waals surface area contributed by atoms with Gasteiger partial charge >= 0.3 is 0 Å². The van der Waals surface area contributed by atoms with E-state index >= 15 is 0 Å². The summed E-state index contributed by atoms with van der Waals surface area (Å²) >= 11 is 1.30. The Balaban J connectivity index is 1.93. The number of furan rings is 1. The van der Waals surface area contributed by atoms with Crippen LogP contribution in [0.5, 0.6) is 0 Å². The molecule has 0 fully saturated rings. The average molecular weight is 268 g/mol. The monoisotopic (exact) mass is 268 g/mol. The van der Waals surface area contributed by atoms with Crippen molar-refractivity contribution in [2.75, 3.05) is 5.75 Å². The number of thioether (sulfide) groups is 1. The predicted molar refractivity (Wildman–Crippen MR) is 65.6 cm³/mol. The fourth-order valence-electron chi connectivity index (χ4n) is 1.43. The highest BCUT2D eigenvalue weighted by molar-refractivity contribution is 7.99. The fourth-order valence-corrected chi connectivity index (χ4v) is 2.24. The number of ketones is 1. The van der Waals surface area contributed by atoms with Crippen LogP contribution in [0.2, 0.25) is 0 Å². The van der Waals surface area contributed by atoms with E-state index in [1.165, 1.54) is 11.8 Å². The molecule has 0 aliphatic rings. The zero-order chi connectivity index (χ0) is 13.0. The standard InChI is InChI=1S/C13H10F2O2S/c14-9-3-4-12(15)11(6-9)13(16)8-18-7-10-2-1-5-17-10/h1-6H,7-8H2. The molecule has 2 nitrogen and oxygen atoms in total. The molecule has 1 aromatic carbocycles. The van der Waals surface area contributed by atoms with Crippen LogP contribution in [0.1, 0.15) is 16.1 Å². The van der Waals surface area contributed by atoms with E-state index in [0.717, 1.165) is 24.0 Å². The molecule has 0 unspecified atom stereocenters. The maximum atomic E-state index is 13.3. The summed E-state index contributed by atoms with van der Waals surface area (Å²) < 4.78 is 31.3. The van der Waals surface area contributed by atoms with Gasteiger partial charge < -0.3 is 4.42 Å². The van der Waals surface area contributed by atoms with Crippen molar-refractivity contribution in [2.45, 2.75) is 5.75 Å². The second-order valence-electron chi connectivity index (χ2n) is 3.62. The molecule has 2 aromatic rings. The van der Waals surface area contributed by atoms with Gasteiger partial charge in [-0.25, -0.2) is 8.78 Å². The van der Waals surface area contributed by atoms with E-state index in [9.17, 15) is 13.6 Å². The van der Waals surface area contributed by atoms with Gasteiger partial charge in [0.25, 0.3) is 0 Å². The Morgan fingerprint density at radius 3 is 2.83 bits per heavy atom. The highest BCUT2D eigenvalue weighted by atomic mass is 32.2. The molecule has 2 rings (SSSR count). The van der Waals surface area contributed by atoms with Crippen LogP contribution in [0.3, 0.4) is 0 Å². The van der Waals surface area contributed by atoms with E-state index in [1.807, 2.05) is 0 Å². The van der Waals surface area contributed by atoms with Crippen LogP contribution in [-0.4, -0.2) is 11.5 Å². The summed E-state index contributed by atoms with van der Waals surface area (Å²) in [7, 11) is 0. The quantitative estimate of drug-likeness (QED) is 0.775. The minimum Gasteiger partial charge on any atom is -0.468 e. The molecule has 0 saturated carbocycles. The van der Waals surface area contributed by atoms with Crippen LogP contribution in [0, 0.1) is 11.6 Å². The number of carbonyl (C=O) groups is 1. The highest BCUT2D eigenvalue weighted by Gasteiger charge is 2.13. The minimum atomic E-state index is -0.694. The summed E-state index contributed by atoms with van der Waals surface area (Å²) in [6.07, 6.45) is 1.55. The lowest BCUT2D eigenvalue weighted by molar-refractivity contribution is 0.101. The van der Waals surface area contributed by atoms with Crippen LogP contribution >= 0.6 is 11.8 Å². The third-order valence-corrected chi connectivity index (χ3v) is 3.24. The molecule has 18 heavy (non-hydrogen) atoms. The topological polar surface area (TPSA) is 30.2 Å². The van der Waals surface area contributed by atoms with E-state index in [2.05, 4.69) is 0 Å². The molecule has 0 spiro atoms. The SMILES string of the molecule is O=C(CSCc1ccco1)c1cc(F)ccc1F. The molecule has 0 saturated heterocycles. The van der Waals surface area contributed by atoms with Crippen molar-refractivity contribution in [3.05, 3.63) is 59.6 Å². The Bertz CT molecular complexity index is 538. The summed E-state index contributed by atoms with van der Waals surface area (Å²) in [5, 5.41) is 0. The number of Topliss-reactive ketones (excluding diaryl/α,β-unsaturated/α-hetero) is 1. The first-order valence-corrected chi connectivity index (χ1v) is 6.40. The van der Waals surface area contributed by atoms with Gasteiger partial charge in [0, 0.05) is 0 Å². The zero-order valence-electron chi connectivity index (χ0n) is 9.36. The van der Waals surface area contributed by atoms with Gasteiger partial charge in [-0.1, -0.05) is 0 Å². The molecule has 0 amide bonds. The van der Waals surface area contributed by atoms with E-state index in [4.69, 9.17) is 4.42 Å². The third kappa shape index (κ3) is 3.20. The molecule has 0 aliphatic heterocycles. The fraction of sp³-hybridized carbons (Fsp3) is 0.154. The van der Waals surface area contributed by atoms with Gasteiger partial charge in [0.2, 0.25) is 0 Å². The summed E-state index contributed by atoms with van der Waals surface area (Å²) in [6.45, 7) is 0. The van der Waals surface area contributed by atoms with Crippen molar-refractivity contribution >= 4 is 17.5 Å². The lowest BCUT2D eigenvalue weighted by atomic mass is 10.1. The minimum absolute atomic E-state index is 0.0844. The maximum Gasteiger partial charge on any atom is 0.175 e. The molecule has 0 atom stereocenters. The van der Waals surface area contributed by atoms with Crippen molar-refractivity contribution in [3.63, 3.8) is 0 Å². The van der Waals surface area contributed by atoms with Crippen molar-refractivity contribution in [1.29, 1.82) is 0 Å². The van der Waals surface area contributed by atoms with Crippen LogP contribution in [0.4, 0.5) is 8.78 Å². The molecular formula is C13H10F2O2S. The Labute approximate surface area is 107 Å². The number of carbonyl (C=O) groups excluding carboxylic acids is 1. The number of hydrogen-bond acceptors (Lipinski definition) is 3. The lowest BCUT2D eigenvalue weighted by Crippen LogP contribution is -2.06. The van der Waals surface area contributed by atoms with E-state index in [1.54, 1.807) is 18.4 Å². The van der Waals surface area contributed by atoms with Crippen LogP contribution in [0.25, 0.3) is 0 Å². The van der Waals surface area contributed by atoms with Crippen molar-refractivity contribution in [2.24, 2.45) is 0 Å². The molecule has 94 valence electrons. The molecule has 1 aromatic heterocycles. The van der Waals surface area contributed by atoms with E-state index in [-0.39, 0.29) is 11.3 Å². The Morgan fingerprint density at radius 2 is 2.11 bits per heavy atom. The van der Waals surface area contributed by atoms with Crippen molar-refractivity contribution in [1.82, 2.24) is 0 Å². The zero-order valence-corrected chi connectivity index (χ0v) is 10.2. The first-order valence-electron chi connectivity index (χ1n) is 5.25.